The minimum absolute atomic E-state index is 0. The molecule has 0 fully saturated rings. The van der Waals surface area contributed by atoms with Crippen molar-refractivity contribution in [3.05, 3.63) is 35.6 Å². The summed E-state index contributed by atoms with van der Waals surface area (Å²) >= 11 is 0. The zero-order chi connectivity index (χ0) is 9.19. The first kappa shape index (κ1) is 12.8. The molecule has 0 radical (unpaired) electrons. The smallest absolute Gasteiger partial charge is 0.257 e. The van der Waals surface area contributed by atoms with Crippen LogP contribution < -0.4 is 18.9 Å². The number of sulfone groups is 1. The molecule has 0 spiro atoms. The van der Waals surface area contributed by atoms with Crippen molar-refractivity contribution >= 4 is 9.84 Å². The van der Waals surface area contributed by atoms with Gasteiger partial charge in [-0.2, -0.15) is 19.1 Å². The van der Waals surface area contributed by atoms with Gasteiger partial charge in [-0.1, -0.05) is 18.2 Å². The summed E-state index contributed by atoms with van der Waals surface area (Å²) in [5.41, 5.74) is 0. The van der Waals surface area contributed by atoms with E-state index in [1.165, 1.54) is 0 Å². The van der Waals surface area contributed by atoms with Crippen LogP contribution in [0.5, 0.6) is 0 Å². The van der Waals surface area contributed by atoms with E-state index in [4.69, 9.17) is 0 Å². The van der Waals surface area contributed by atoms with Crippen LogP contribution in [0.2, 0.25) is 0 Å². The second kappa shape index (κ2) is 4.85. The van der Waals surface area contributed by atoms with Crippen molar-refractivity contribution in [2.45, 2.75) is 18.7 Å². The third-order valence-electron chi connectivity index (χ3n) is 1.59. The predicted octanol–water partition coefficient (Wildman–Crippen LogP) is -0.964. The van der Waals surface area contributed by atoms with Crippen LogP contribution in [0.15, 0.2) is 35.2 Å². The summed E-state index contributed by atoms with van der Waals surface area (Å²) in [7, 11) is -3.16. The number of rotatable bonds is 2. The summed E-state index contributed by atoms with van der Waals surface area (Å²) in [4.78, 5) is 0.366. The van der Waals surface area contributed by atoms with Crippen LogP contribution in [0, 0.1) is 5.25 Å². The van der Waals surface area contributed by atoms with Crippen LogP contribution in [-0.2, 0) is 9.84 Å². The molecule has 0 aliphatic heterocycles. The van der Waals surface area contributed by atoms with Crippen LogP contribution in [0.1, 0.15) is 13.8 Å². The summed E-state index contributed by atoms with van der Waals surface area (Å²) < 4.78 is 23.0. The molecule has 0 aromatic heterocycles. The molecular formula is C9H11LiO2S. The molecule has 13 heavy (non-hydrogen) atoms. The van der Waals surface area contributed by atoms with E-state index in [0.717, 1.165) is 0 Å². The second-order valence-electron chi connectivity index (χ2n) is 2.72. The van der Waals surface area contributed by atoms with Crippen molar-refractivity contribution in [1.29, 1.82) is 0 Å². The molecule has 0 unspecified atom stereocenters. The Hall–Kier alpha value is -0.233. The molecule has 66 valence electrons. The van der Waals surface area contributed by atoms with Gasteiger partial charge in [-0.15, -0.1) is 0 Å². The Balaban J connectivity index is 0.00000144. The van der Waals surface area contributed by atoms with E-state index in [1.807, 2.05) is 0 Å². The van der Waals surface area contributed by atoms with Gasteiger partial charge in [0.05, 0.1) is 9.84 Å². The minimum atomic E-state index is -3.16. The molecular weight excluding hydrogens is 179 g/mol. The Bertz CT molecular complexity index is 343. The van der Waals surface area contributed by atoms with Gasteiger partial charge in [-0.3, -0.25) is 8.42 Å². The van der Waals surface area contributed by atoms with Gasteiger partial charge in [0.2, 0.25) is 0 Å². The minimum Gasteiger partial charge on any atom is -0.257 e. The van der Waals surface area contributed by atoms with Gasteiger partial charge < -0.3 is 0 Å². The molecule has 1 rings (SSSR count). The maximum Gasteiger partial charge on any atom is 1.00 e. The number of hydrogen-bond donors (Lipinski definition) is 0. The summed E-state index contributed by atoms with van der Waals surface area (Å²) in [6, 6.07) is 8.43. The average molecular weight is 190 g/mol. The SMILES string of the molecule is C[C-](C)S(=O)(=O)c1ccccc1.[Li+]. The van der Waals surface area contributed by atoms with Crippen LogP contribution in [-0.4, -0.2) is 8.42 Å². The van der Waals surface area contributed by atoms with Crippen molar-refractivity contribution in [3.8, 4) is 0 Å². The molecule has 0 heterocycles. The normalized spacial score (nSPS) is 11.0. The van der Waals surface area contributed by atoms with Gasteiger partial charge in [-0.05, 0) is 12.1 Å². The van der Waals surface area contributed by atoms with Gasteiger partial charge in [-0.25, -0.2) is 0 Å². The monoisotopic (exact) mass is 190 g/mol. The van der Waals surface area contributed by atoms with E-state index in [0.29, 0.717) is 10.1 Å². The number of hydrogen-bond acceptors (Lipinski definition) is 2. The zero-order valence-corrected chi connectivity index (χ0v) is 8.93. The first-order valence-electron chi connectivity index (χ1n) is 3.65. The molecule has 2 nitrogen and oxygen atoms in total. The van der Waals surface area contributed by atoms with Gasteiger partial charge in [0.25, 0.3) is 0 Å². The fraction of sp³-hybridized carbons (Fsp3) is 0.222. The molecule has 0 saturated heterocycles. The van der Waals surface area contributed by atoms with Crippen molar-refractivity contribution in [1.82, 2.24) is 0 Å². The van der Waals surface area contributed by atoms with E-state index in [9.17, 15) is 8.42 Å². The standard InChI is InChI=1S/C9H11O2S.Li/c1-8(2)12(10,11)9-6-4-3-5-7-9;/h3-7H,1-2H3;/q-1;+1. The van der Waals surface area contributed by atoms with Crippen LogP contribution >= 0.6 is 0 Å². The number of benzene rings is 1. The molecule has 0 saturated carbocycles. The summed E-state index contributed by atoms with van der Waals surface area (Å²) in [6.45, 7) is 3.20. The Kier molecular flexibility index (Phi) is 4.77. The van der Waals surface area contributed by atoms with Crippen LogP contribution in [0.25, 0.3) is 0 Å². The fourth-order valence-electron chi connectivity index (χ4n) is 0.835. The first-order valence-corrected chi connectivity index (χ1v) is 5.14. The maximum absolute atomic E-state index is 11.5. The second-order valence-corrected chi connectivity index (χ2v) is 5.02. The summed E-state index contributed by atoms with van der Waals surface area (Å²) in [6.07, 6.45) is 0. The van der Waals surface area contributed by atoms with Crippen molar-refractivity contribution < 1.29 is 27.3 Å². The Labute approximate surface area is 91.4 Å². The van der Waals surface area contributed by atoms with E-state index < -0.39 is 9.84 Å². The van der Waals surface area contributed by atoms with Crippen molar-refractivity contribution in [3.63, 3.8) is 0 Å². The molecule has 1 aromatic rings. The molecule has 0 bridgehead atoms. The van der Waals surface area contributed by atoms with Crippen LogP contribution in [0.3, 0.4) is 0 Å². The maximum atomic E-state index is 11.5. The van der Waals surface area contributed by atoms with E-state index in [2.05, 4.69) is 0 Å². The first-order chi connectivity index (χ1) is 5.55. The van der Waals surface area contributed by atoms with Gasteiger partial charge >= 0.3 is 18.9 Å². The molecule has 0 amide bonds. The topological polar surface area (TPSA) is 34.1 Å². The molecule has 0 aliphatic carbocycles. The van der Waals surface area contributed by atoms with Crippen molar-refractivity contribution in [2.24, 2.45) is 0 Å². The third kappa shape index (κ3) is 2.87. The molecule has 1 aromatic carbocycles. The quantitative estimate of drug-likeness (QED) is 0.444. The third-order valence-corrected chi connectivity index (χ3v) is 3.56. The molecule has 0 aliphatic rings. The fourth-order valence-corrected chi connectivity index (χ4v) is 1.82. The van der Waals surface area contributed by atoms with Gasteiger partial charge in [0.15, 0.2) is 0 Å². The average Bonchev–Trinajstić information content (AvgIpc) is 2.06. The molecule has 4 heteroatoms. The van der Waals surface area contributed by atoms with E-state index in [1.54, 1.807) is 44.2 Å². The Morgan fingerprint density at radius 1 is 1.08 bits per heavy atom. The summed E-state index contributed by atoms with van der Waals surface area (Å²) in [5, 5.41) is 0.425. The zero-order valence-electron chi connectivity index (χ0n) is 8.11. The summed E-state index contributed by atoms with van der Waals surface area (Å²) in [5.74, 6) is 0. The Morgan fingerprint density at radius 2 is 1.54 bits per heavy atom. The van der Waals surface area contributed by atoms with E-state index >= 15 is 0 Å². The Morgan fingerprint density at radius 3 is 1.92 bits per heavy atom. The largest absolute Gasteiger partial charge is 1.00 e. The van der Waals surface area contributed by atoms with Crippen LogP contribution in [0.4, 0.5) is 0 Å². The molecule has 0 atom stereocenters. The van der Waals surface area contributed by atoms with Crippen molar-refractivity contribution in [2.75, 3.05) is 0 Å². The predicted molar refractivity (Wildman–Crippen MR) is 48.2 cm³/mol. The van der Waals surface area contributed by atoms with Gasteiger partial charge in [0.1, 0.15) is 0 Å². The van der Waals surface area contributed by atoms with Gasteiger partial charge in [0, 0.05) is 4.90 Å². The molecule has 0 N–H and O–H groups in total. The van der Waals surface area contributed by atoms with E-state index in [-0.39, 0.29) is 18.9 Å².